The monoisotopic (exact) mass is 357 g/mol. The van der Waals surface area contributed by atoms with Crippen LogP contribution in [-0.4, -0.2) is 6.03 Å². The molecule has 2 rings (SSSR count). The van der Waals surface area contributed by atoms with E-state index in [0.29, 0.717) is 12.2 Å². The summed E-state index contributed by atoms with van der Waals surface area (Å²) in [5.41, 5.74) is 6.63. The van der Waals surface area contributed by atoms with Gasteiger partial charge in [0, 0.05) is 11.4 Å². The van der Waals surface area contributed by atoms with Crippen LogP contribution in [0, 0.1) is 3.77 Å². The highest BCUT2D eigenvalue weighted by atomic mass is 127. The van der Waals surface area contributed by atoms with Gasteiger partial charge < -0.3 is 20.8 Å². The van der Waals surface area contributed by atoms with Crippen molar-refractivity contribution in [1.82, 2.24) is 0 Å². The van der Waals surface area contributed by atoms with Crippen LogP contribution in [0.3, 0.4) is 0 Å². The highest BCUT2D eigenvalue weighted by Gasteiger charge is 2.00. The highest BCUT2D eigenvalue weighted by Crippen LogP contribution is 2.15. The lowest BCUT2D eigenvalue weighted by molar-refractivity contribution is 0.259. The number of nitrogens with one attached hydrogen (secondary N) is 2. The molecule has 2 amide bonds. The average Bonchev–Trinajstić information content (AvgIpc) is 2.74. The Labute approximate surface area is 118 Å². The van der Waals surface area contributed by atoms with E-state index in [0.717, 1.165) is 15.2 Å². The number of benzene rings is 1. The molecule has 2 aromatic rings. The number of anilines is 2. The number of halogens is 1. The van der Waals surface area contributed by atoms with Gasteiger partial charge in [0.1, 0.15) is 5.76 Å². The van der Waals surface area contributed by atoms with Crippen LogP contribution in [0.5, 0.6) is 0 Å². The first-order chi connectivity index (χ1) is 8.63. The summed E-state index contributed by atoms with van der Waals surface area (Å²) >= 11 is 2.12. The molecule has 0 aliphatic rings. The van der Waals surface area contributed by atoms with Crippen molar-refractivity contribution in [2.75, 3.05) is 10.6 Å². The summed E-state index contributed by atoms with van der Waals surface area (Å²) in [4.78, 5) is 10.6. The van der Waals surface area contributed by atoms with Gasteiger partial charge in [0.2, 0.25) is 0 Å². The number of hydrogen-bond donors (Lipinski definition) is 3. The zero-order chi connectivity index (χ0) is 13.0. The molecular weight excluding hydrogens is 345 g/mol. The third kappa shape index (κ3) is 3.66. The quantitative estimate of drug-likeness (QED) is 0.736. The fraction of sp³-hybridized carbons (Fsp3) is 0.0833. The SMILES string of the molecule is NC(=O)Nc1ccc(NCc2ccc(I)o2)cc1. The van der Waals surface area contributed by atoms with Gasteiger partial charge in [0.15, 0.2) is 3.77 Å². The predicted octanol–water partition coefficient (Wildman–Crippen LogP) is 2.99. The maximum absolute atomic E-state index is 10.6. The Bertz CT molecular complexity index is 537. The minimum atomic E-state index is -0.569. The summed E-state index contributed by atoms with van der Waals surface area (Å²) in [7, 11) is 0. The van der Waals surface area contributed by atoms with Gasteiger partial charge in [0.25, 0.3) is 0 Å². The zero-order valence-electron chi connectivity index (χ0n) is 9.44. The molecule has 0 saturated carbocycles. The van der Waals surface area contributed by atoms with Crippen molar-refractivity contribution in [3.63, 3.8) is 0 Å². The number of hydrogen-bond acceptors (Lipinski definition) is 3. The number of carbonyl (C=O) groups excluding carboxylic acids is 1. The Balaban J connectivity index is 1.92. The van der Waals surface area contributed by atoms with Crippen LogP contribution in [0.2, 0.25) is 0 Å². The maximum Gasteiger partial charge on any atom is 0.316 e. The average molecular weight is 357 g/mol. The van der Waals surface area contributed by atoms with Gasteiger partial charge in [-0.1, -0.05) is 0 Å². The third-order valence-electron chi connectivity index (χ3n) is 2.25. The number of rotatable bonds is 4. The molecule has 0 atom stereocenters. The number of carbonyl (C=O) groups is 1. The fourth-order valence-electron chi connectivity index (χ4n) is 1.45. The van der Waals surface area contributed by atoms with Crippen LogP contribution in [-0.2, 0) is 6.54 Å². The Kier molecular flexibility index (Phi) is 4.08. The Morgan fingerprint density at radius 1 is 1.17 bits per heavy atom. The van der Waals surface area contributed by atoms with Crippen molar-refractivity contribution < 1.29 is 9.21 Å². The predicted molar refractivity (Wildman–Crippen MR) is 78.4 cm³/mol. The summed E-state index contributed by atoms with van der Waals surface area (Å²) in [5, 5.41) is 5.71. The summed E-state index contributed by atoms with van der Waals surface area (Å²) in [6, 6.07) is 10.5. The van der Waals surface area contributed by atoms with Crippen LogP contribution in [0.25, 0.3) is 0 Å². The van der Waals surface area contributed by atoms with E-state index < -0.39 is 6.03 Å². The van der Waals surface area contributed by atoms with Gasteiger partial charge in [0.05, 0.1) is 6.54 Å². The first kappa shape index (κ1) is 12.7. The van der Waals surface area contributed by atoms with Gasteiger partial charge >= 0.3 is 6.03 Å². The van der Waals surface area contributed by atoms with E-state index in [1.807, 2.05) is 24.3 Å². The molecule has 0 fully saturated rings. The van der Waals surface area contributed by atoms with Gasteiger partial charge in [-0.05, 0) is 59.0 Å². The van der Waals surface area contributed by atoms with Crippen molar-refractivity contribution in [1.29, 1.82) is 0 Å². The molecule has 0 saturated heterocycles. The number of nitrogens with two attached hydrogens (primary N) is 1. The summed E-state index contributed by atoms with van der Waals surface area (Å²) < 4.78 is 6.30. The van der Waals surface area contributed by atoms with E-state index in [1.165, 1.54) is 0 Å². The zero-order valence-corrected chi connectivity index (χ0v) is 11.6. The van der Waals surface area contributed by atoms with E-state index in [-0.39, 0.29) is 0 Å². The van der Waals surface area contributed by atoms with Crippen molar-refractivity contribution in [2.45, 2.75) is 6.54 Å². The molecule has 94 valence electrons. The first-order valence-electron chi connectivity index (χ1n) is 5.28. The molecule has 5 nitrogen and oxygen atoms in total. The first-order valence-corrected chi connectivity index (χ1v) is 6.36. The second-order valence-corrected chi connectivity index (χ2v) is 4.69. The Morgan fingerprint density at radius 2 is 1.83 bits per heavy atom. The van der Waals surface area contributed by atoms with Gasteiger partial charge in [-0.3, -0.25) is 0 Å². The molecule has 0 bridgehead atoms. The molecule has 0 unspecified atom stereocenters. The van der Waals surface area contributed by atoms with E-state index in [9.17, 15) is 4.79 Å². The lowest BCUT2D eigenvalue weighted by Crippen LogP contribution is -2.19. The topological polar surface area (TPSA) is 80.3 Å². The lowest BCUT2D eigenvalue weighted by Gasteiger charge is -2.06. The van der Waals surface area contributed by atoms with Gasteiger partial charge in [-0.2, -0.15) is 0 Å². The molecule has 18 heavy (non-hydrogen) atoms. The van der Waals surface area contributed by atoms with Crippen LogP contribution in [0.15, 0.2) is 40.8 Å². The highest BCUT2D eigenvalue weighted by molar-refractivity contribution is 14.1. The Hall–Kier alpha value is -1.70. The van der Waals surface area contributed by atoms with E-state index in [1.54, 1.807) is 12.1 Å². The molecule has 1 aromatic carbocycles. The van der Waals surface area contributed by atoms with E-state index in [4.69, 9.17) is 10.2 Å². The van der Waals surface area contributed by atoms with Crippen molar-refractivity contribution >= 4 is 40.0 Å². The Morgan fingerprint density at radius 3 is 2.39 bits per heavy atom. The minimum Gasteiger partial charge on any atom is -0.454 e. The minimum absolute atomic E-state index is 0.569. The molecular formula is C12H12IN3O2. The molecule has 0 radical (unpaired) electrons. The largest absolute Gasteiger partial charge is 0.454 e. The second-order valence-electron chi connectivity index (χ2n) is 3.63. The molecule has 0 aliphatic heterocycles. The van der Waals surface area contributed by atoms with Crippen LogP contribution in [0.4, 0.5) is 16.2 Å². The second kappa shape index (κ2) is 5.76. The summed E-state index contributed by atoms with van der Waals surface area (Å²) in [6.07, 6.45) is 0. The fourth-order valence-corrected chi connectivity index (χ4v) is 1.91. The summed E-state index contributed by atoms with van der Waals surface area (Å²) in [5.74, 6) is 0.874. The number of amides is 2. The van der Waals surface area contributed by atoms with Crippen LogP contribution >= 0.6 is 22.6 Å². The van der Waals surface area contributed by atoms with Crippen molar-refractivity contribution in [3.05, 3.63) is 45.9 Å². The normalized spacial score (nSPS) is 10.1. The number of urea groups is 1. The molecule has 1 heterocycles. The smallest absolute Gasteiger partial charge is 0.316 e. The molecule has 0 aliphatic carbocycles. The molecule has 6 heteroatoms. The number of furan rings is 1. The molecule has 1 aromatic heterocycles. The van der Waals surface area contributed by atoms with E-state index >= 15 is 0 Å². The third-order valence-corrected chi connectivity index (χ3v) is 2.83. The number of primary amides is 1. The van der Waals surface area contributed by atoms with Gasteiger partial charge in [-0.15, -0.1) is 0 Å². The molecule has 0 spiro atoms. The summed E-state index contributed by atoms with van der Waals surface area (Å²) in [6.45, 7) is 0.617. The lowest BCUT2D eigenvalue weighted by atomic mass is 10.2. The van der Waals surface area contributed by atoms with Crippen molar-refractivity contribution in [2.24, 2.45) is 5.73 Å². The van der Waals surface area contributed by atoms with Gasteiger partial charge in [-0.25, -0.2) is 4.79 Å². The molecule has 4 N–H and O–H groups in total. The van der Waals surface area contributed by atoms with Crippen molar-refractivity contribution in [3.8, 4) is 0 Å². The maximum atomic E-state index is 10.6. The standard InChI is InChI=1S/C12H12IN3O2/c13-11-6-5-10(18-11)7-15-8-1-3-9(4-2-8)16-12(14)17/h1-6,15H,7H2,(H3,14,16,17). The van der Waals surface area contributed by atoms with Crippen LogP contribution < -0.4 is 16.4 Å². The van der Waals surface area contributed by atoms with Crippen LogP contribution in [0.1, 0.15) is 5.76 Å². The van der Waals surface area contributed by atoms with E-state index in [2.05, 4.69) is 33.2 Å².